The van der Waals surface area contributed by atoms with Crippen molar-refractivity contribution in [1.82, 2.24) is 15.1 Å². The molecule has 26 heavy (non-hydrogen) atoms. The number of benzene rings is 1. The van der Waals surface area contributed by atoms with Crippen LogP contribution >= 0.6 is 0 Å². The molecular weight excluding hydrogens is 328 g/mol. The minimum atomic E-state index is -0.292. The molecule has 2 aliphatic rings. The second-order valence-electron chi connectivity index (χ2n) is 7.46. The molecule has 0 bridgehead atoms. The summed E-state index contributed by atoms with van der Waals surface area (Å²) in [6, 6.07) is 7.89. The number of hydrogen-bond donors (Lipinski definition) is 1. The number of likely N-dealkylation sites (N-methyl/N-ethyl adjacent to an activating group) is 1. The molecule has 2 saturated heterocycles. The van der Waals surface area contributed by atoms with E-state index in [4.69, 9.17) is 0 Å². The Hall–Kier alpha value is -2.08. The summed E-state index contributed by atoms with van der Waals surface area (Å²) in [5, 5.41) is 2.74. The molecule has 1 unspecified atom stereocenters. The van der Waals surface area contributed by atoms with Gasteiger partial charge >= 0.3 is 0 Å². The zero-order valence-corrected chi connectivity index (χ0v) is 16.1. The van der Waals surface area contributed by atoms with Gasteiger partial charge in [-0.25, -0.2) is 0 Å². The molecule has 2 aliphatic heterocycles. The van der Waals surface area contributed by atoms with Crippen LogP contribution in [0.1, 0.15) is 37.0 Å². The number of nitrogens with one attached hydrogen (secondary N) is 1. The van der Waals surface area contributed by atoms with Crippen LogP contribution in [0.2, 0.25) is 0 Å². The molecule has 0 aromatic heterocycles. The lowest BCUT2D eigenvalue weighted by atomic mass is 10.1. The van der Waals surface area contributed by atoms with Crippen LogP contribution in [0, 0.1) is 0 Å². The van der Waals surface area contributed by atoms with Gasteiger partial charge in [0.05, 0.1) is 0 Å². The normalized spacial score (nSPS) is 21.3. The molecule has 0 radical (unpaired) electrons. The summed E-state index contributed by atoms with van der Waals surface area (Å²) >= 11 is 0. The highest BCUT2D eigenvalue weighted by Crippen LogP contribution is 2.23. The number of hydrogen-bond acceptors (Lipinski definition) is 4. The second-order valence-corrected chi connectivity index (χ2v) is 7.46. The van der Waals surface area contributed by atoms with E-state index < -0.39 is 0 Å². The summed E-state index contributed by atoms with van der Waals surface area (Å²) in [4.78, 5) is 31.7. The Bertz CT molecular complexity index is 655. The molecule has 0 spiro atoms. The number of nitrogens with zero attached hydrogens (tertiary/aromatic N) is 3. The van der Waals surface area contributed by atoms with Crippen molar-refractivity contribution in [3.63, 3.8) is 0 Å². The third-order valence-electron chi connectivity index (χ3n) is 5.49. The van der Waals surface area contributed by atoms with Gasteiger partial charge in [-0.15, -0.1) is 0 Å². The van der Waals surface area contributed by atoms with Gasteiger partial charge in [0.25, 0.3) is 5.91 Å². The largest absolute Gasteiger partial charge is 0.372 e. The molecule has 142 valence electrons. The second kappa shape index (κ2) is 8.08. The van der Waals surface area contributed by atoms with E-state index >= 15 is 0 Å². The molecule has 1 aromatic carbocycles. The summed E-state index contributed by atoms with van der Waals surface area (Å²) in [5.74, 6) is -0.00891. The van der Waals surface area contributed by atoms with Crippen LogP contribution < -0.4 is 10.2 Å². The quantitative estimate of drug-likeness (QED) is 0.888. The van der Waals surface area contributed by atoms with Crippen LogP contribution in [0.3, 0.4) is 0 Å². The van der Waals surface area contributed by atoms with Gasteiger partial charge in [-0.05, 0) is 44.9 Å². The minimum absolute atomic E-state index is 0.0170. The topological polar surface area (TPSA) is 55.9 Å². The number of amides is 2. The zero-order chi connectivity index (χ0) is 18.7. The average molecular weight is 358 g/mol. The van der Waals surface area contributed by atoms with E-state index in [1.54, 1.807) is 7.05 Å². The summed E-state index contributed by atoms with van der Waals surface area (Å²) in [6.07, 6.45) is 2.42. The molecule has 1 atom stereocenters. The number of anilines is 1. The first kappa shape index (κ1) is 18.7. The first-order valence-corrected chi connectivity index (χ1v) is 9.63. The van der Waals surface area contributed by atoms with Crippen molar-refractivity contribution in [3.05, 3.63) is 29.8 Å². The Labute approximate surface area is 156 Å². The molecule has 2 amide bonds. The molecule has 3 rings (SSSR count). The number of rotatable bonds is 4. The average Bonchev–Trinajstić information content (AvgIpc) is 3.21. The van der Waals surface area contributed by atoms with Crippen LogP contribution in [0.15, 0.2) is 24.3 Å². The molecule has 0 aliphatic carbocycles. The van der Waals surface area contributed by atoms with Gasteiger partial charge in [0.15, 0.2) is 0 Å². The Balaban J connectivity index is 1.75. The van der Waals surface area contributed by atoms with Gasteiger partial charge in [0, 0.05) is 57.1 Å². The highest BCUT2D eigenvalue weighted by molar-refractivity contribution is 5.96. The van der Waals surface area contributed by atoms with E-state index in [1.807, 2.05) is 23.1 Å². The van der Waals surface area contributed by atoms with E-state index in [0.717, 1.165) is 18.8 Å². The first-order chi connectivity index (χ1) is 12.5. The van der Waals surface area contributed by atoms with E-state index in [9.17, 15) is 9.59 Å². The van der Waals surface area contributed by atoms with E-state index in [2.05, 4.69) is 35.0 Å². The Morgan fingerprint density at radius 2 is 1.85 bits per heavy atom. The molecule has 1 N–H and O–H groups in total. The van der Waals surface area contributed by atoms with Crippen LogP contribution in [0.4, 0.5) is 5.69 Å². The highest BCUT2D eigenvalue weighted by Gasteiger charge is 2.35. The Morgan fingerprint density at radius 1 is 1.12 bits per heavy atom. The standard InChI is InChI=1S/C20H30N4O2/c1-15(2)24-12-11-23(14-18(24)19(25)21-3)20(26)16-7-6-8-17(13-16)22-9-4-5-10-22/h6-8,13,15,18H,4-5,9-12,14H2,1-3H3,(H,21,25). The molecule has 2 fully saturated rings. The summed E-state index contributed by atoms with van der Waals surface area (Å²) in [6.45, 7) is 8.10. The number of carbonyl (C=O) groups is 2. The smallest absolute Gasteiger partial charge is 0.254 e. The van der Waals surface area contributed by atoms with Crippen molar-refractivity contribution in [1.29, 1.82) is 0 Å². The van der Waals surface area contributed by atoms with Crippen molar-refractivity contribution >= 4 is 17.5 Å². The fourth-order valence-electron chi connectivity index (χ4n) is 3.99. The van der Waals surface area contributed by atoms with Gasteiger partial charge in [-0.1, -0.05) is 6.07 Å². The summed E-state index contributed by atoms with van der Waals surface area (Å²) < 4.78 is 0. The maximum Gasteiger partial charge on any atom is 0.254 e. The molecular formula is C20H30N4O2. The summed E-state index contributed by atoms with van der Waals surface area (Å²) in [7, 11) is 1.65. The van der Waals surface area contributed by atoms with E-state index in [0.29, 0.717) is 25.2 Å². The number of carbonyl (C=O) groups excluding carboxylic acids is 2. The fraction of sp³-hybridized carbons (Fsp3) is 0.600. The molecule has 6 nitrogen and oxygen atoms in total. The molecule has 2 heterocycles. The highest BCUT2D eigenvalue weighted by atomic mass is 16.2. The Kier molecular flexibility index (Phi) is 5.81. The van der Waals surface area contributed by atoms with Crippen LogP contribution in [-0.4, -0.2) is 73.5 Å². The van der Waals surface area contributed by atoms with Gasteiger partial charge in [0.2, 0.25) is 5.91 Å². The van der Waals surface area contributed by atoms with Gasteiger partial charge in [-0.3, -0.25) is 14.5 Å². The third-order valence-corrected chi connectivity index (χ3v) is 5.49. The van der Waals surface area contributed by atoms with Crippen molar-refractivity contribution in [3.8, 4) is 0 Å². The first-order valence-electron chi connectivity index (χ1n) is 9.63. The predicted octanol–water partition coefficient (Wildman–Crippen LogP) is 1.57. The van der Waals surface area contributed by atoms with Gasteiger partial charge in [0.1, 0.15) is 6.04 Å². The Morgan fingerprint density at radius 3 is 2.50 bits per heavy atom. The SMILES string of the molecule is CNC(=O)C1CN(C(=O)c2cccc(N3CCCC3)c2)CCN1C(C)C. The monoisotopic (exact) mass is 358 g/mol. The molecule has 0 saturated carbocycles. The predicted molar refractivity (Wildman–Crippen MR) is 103 cm³/mol. The maximum atomic E-state index is 13.1. The van der Waals surface area contributed by atoms with Crippen molar-refractivity contribution in [2.45, 2.75) is 38.8 Å². The van der Waals surface area contributed by atoms with Crippen molar-refractivity contribution in [2.75, 3.05) is 44.7 Å². The van der Waals surface area contributed by atoms with Gasteiger partial charge in [-0.2, -0.15) is 0 Å². The van der Waals surface area contributed by atoms with Gasteiger partial charge < -0.3 is 15.1 Å². The molecule has 1 aromatic rings. The third kappa shape index (κ3) is 3.85. The summed E-state index contributed by atoms with van der Waals surface area (Å²) in [5.41, 5.74) is 1.83. The lowest BCUT2D eigenvalue weighted by Crippen LogP contribution is -2.61. The zero-order valence-electron chi connectivity index (χ0n) is 16.1. The number of piperazine rings is 1. The lowest BCUT2D eigenvalue weighted by Gasteiger charge is -2.42. The van der Waals surface area contributed by atoms with Crippen molar-refractivity contribution in [2.24, 2.45) is 0 Å². The maximum absolute atomic E-state index is 13.1. The van der Waals surface area contributed by atoms with E-state index in [1.165, 1.54) is 12.8 Å². The van der Waals surface area contributed by atoms with Crippen LogP contribution in [0.25, 0.3) is 0 Å². The van der Waals surface area contributed by atoms with Crippen LogP contribution in [-0.2, 0) is 4.79 Å². The van der Waals surface area contributed by atoms with Crippen LogP contribution in [0.5, 0.6) is 0 Å². The van der Waals surface area contributed by atoms with E-state index in [-0.39, 0.29) is 23.9 Å². The minimum Gasteiger partial charge on any atom is -0.372 e. The lowest BCUT2D eigenvalue weighted by molar-refractivity contribution is -0.128. The fourth-order valence-corrected chi connectivity index (χ4v) is 3.99. The molecule has 6 heteroatoms. The van der Waals surface area contributed by atoms with Crippen molar-refractivity contribution < 1.29 is 9.59 Å².